The minimum atomic E-state index is -0.232. The lowest BCUT2D eigenvalue weighted by atomic mass is 10.2. The second kappa shape index (κ2) is 7.79. The van der Waals surface area contributed by atoms with Crippen molar-refractivity contribution < 1.29 is 14.3 Å². The molecule has 0 fully saturated rings. The number of rotatable bonds is 5. The maximum atomic E-state index is 12.4. The number of thiophene rings is 1. The molecule has 0 atom stereocenters. The molecule has 0 aliphatic heterocycles. The molecule has 2 heterocycles. The van der Waals surface area contributed by atoms with Crippen LogP contribution in [0.2, 0.25) is 0 Å². The summed E-state index contributed by atoms with van der Waals surface area (Å²) in [6, 6.07) is 16.1. The number of thiazole rings is 1. The third-order valence-corrected chi connectivity index (χ3v) is 5.73. The molecule has 0 radical (unpaired) electrons. The molecule has 4 rings (SSSR count). The summed E-state index contributed by atoms with van der Waals surface area (Å²) in [6.07, 6.45) is 0. The number of nitrogens with zero attached hydrogens (tertiary/aromatic N) is 1. The third kappa shape index (κ3) is 3.73. The molecule has 2 amide bonds. The Kier molecular flexibility index (Phi) is 5.05. The summed E-state index contributed by atoms with van der Waals surface area (Å²) in [6.45, 7) is 0. The van der Waals surface area contributed by atoms with Crippen LogP contribution in [0.5, 0.6) is 5.75 Å². The first-order valence-corrected chi connectivity index (χ1v) is 10.0. The number of nitrogens with one attached hydrogen (secondary N) is 2. The maximum Gasteiger partial charge on any atom is 0.265 e. The fraction of sp³-hybridized carbons (Fsp3) is 0.0500. The molecule has 2 N–H and O–H groups in total. The third-order valence-electron chi connectivity index (χ3n) is 3.94. The second-order valence-electron chi connectivity index (χ2n) is 5.80. The van der Waals surface area contributed by atoms with Crippen molar-refractivity contribution in [2.24, 2.45) is 0 Å². The number of carbonyl (C=O) groups is 2. The maximum absolute atomic E-state index is 12.4. The molecule has 28 heavy (non-hydrogen) atoms. The van der Waals surface area contributed by atoms with Crippen LogP contribution < -0.4 is 15.4 Å². The van der Waals surface area contributed by atoms with Gasteiger partial charge in [-0.05, 0) is 29.6 Å². The van der Waals surface area contributed by atoms with E-state index >= 15 is 0 Å². The highest BCUT2D eigenvalue weighted by Gasteiger charge is 2.15. The smallest absolute Gasteiger partial charge is 0.265 e. The lowest BCUT2D eigenvalue weighted by Gasteiger charge is -2.07. The van der Waals surface area contributed by atoms with E-state index in [-0.39, 0.29) is 11.8 Å². The van der Waals surface area contributed by atoms with Crippen molar-refractivity contribution in [3.63, 3.8) is 0 Å². The van der Waals surface area contributed by atoms with Crippen molar-refractivity contribution in [1.82, 2.24) is 4.98 Å². The van der Waals surface area contributed by atoms with Crippen LogP contribution in [0.15, 0.2) is 60.0 Å². The number of ether oxygens (including phenoxy) is 1. The highest BCUT2D eigenvalue weighted by molar-refractivity contribution is 7.22. The molecule has 2 aromatic carbocycles. The normalized spacial score (nSPS) is 10.6. The van der Waals surface area contributed by atoms with E-state index in [1.807, 2.05) is 23.6 Å². The van der Waals surface area contributed by atoms with Crippen molar-refractivity contribution in [2.75, 3.05) is 17.7 Å². The summed E-state index contributed by atoms with van der Waals surface area (Å²) in [4.78, 5) is 29.8. The van der Waals surface area contributed by atoms with Gasteiger partial charge in [0, 0.05) is 17.3 Å². The predicted molar refractivity (Wildman–Crippen MR) is 113 cm³/mol. The van der Waals surface area contributed by atoms with Gasteiger partial charge in [-0.25, -0.2) is 4.98 Å². The summed E-state index contributed by atoms with van der Waals surface area (Å²) in [7, 11) is 1.54. The average Bonchev–Trinajstić information content (AvgIpc) is 3.37. The summed E-state index contributed by atoms with van der Waals surface area (Å²) in [5.41, 5.74) is 1.79. The zero-order valence-electron chi connectivity index (χ0n) is 14.8. The molecule has 0 aliphatic carbocycles. The Morgan fingerprint density at radius 2 is 1.82 bits per heavy atom. The fourth-order valence-electron chi connectivity index (χ4n) is 2.64. The van der Waals surface area contributed by atoms with E-state index < -0.39 is 0 Å². The number of anilines is 2. The van der Waals surface area contributed by atoms with Gasteiger partial charge >= 0.3 is 0 Å². The number of hydrogen-bond donors (Lipinski definition) is 2. The Bertz CT molecular complexity index is 1140. The number of amides is 2. The quantitative estimate of drug-likeness (QED) is 0.493. The first-order chi connectivity index (χ1) is 13.6. The van der Waals surface area contributed by atoms with Gasteiger partial charge in [-0.2, -0.15) is 0 Å². The molecule has 0 saturated heterocycles. The van der Waals surface area contributed by atoms with Gasteiger partial charge in [-0.3, -0.25) is 14.9 Å². The Morgan fingerprint density at radius 3 is 2.54 bits per heavy atom. The average molecular weight is 409 g/mol. The zero-order chi connectivity index (χ0) is 19.5. The molecular weight excluding hydrogens is 394 g/mol. The van der Waals surface area contributed by atoms with Crippen LogP contribution in [0.4, 0.5) is 10.8 Å². The van der Waals surface area contributed by atoms with Crippen molar-refractivity contribution in [3.8, 4) is 5.75 Å². The first-order valence-electron chi connectivity index (χ1n) is 8.34. The van der Waals surface area contributed by atoms with E-state index in [2.05, 4.69) is 15.6 Å². The zero-order valence-corrected chi connectivity index (χ0v) is 16.4. The van der Waals surface area contributed by atoms with Crippen molar-refractivity contribution in [1.29, 1.82) is 0 Å². The molecule has 2 aromatic heterocycles. The van der Waals surface area contributed by atoms with Gasteiger partial charge < -0.3 is 10.1 Å². The summed E-state index contributed by atoms with van der Waals surface area (Å²) < 4.78 is 6.22. The van der Waals surface area contributed by atoms with Gasteiger partial charge in [0.05, 0.1) is 16.7 Å². The lowest BCUT2D eigenvalue weighted by molar-refractivity contribution is 0.102. The van der Waals surface area contributed by atoms with Crippen LogP contribution in [-0.2, 0) is 0 Å². The van der Waals surface area contributed by atoms with Gasteiger partial charge in [0.25, 0.3) is 11.8 Å². The molecule has 0 unspecified atom stereocenters. The largest absolute Gasteiger partial charge is 0.494 e. The van der Waals surface area contributed by atoms with Gasteiger partial charge in [0.2, 0.25) is 0 Å². The fourth-order valence-corrected chi connectivity index (χ4v) is 4.18. The summed E-state index contributed by atoms with van der Waals surface area (Å²) in [5.74, 6) is 0.110. The Morgan fingerprint density at radius 1 is 1.00 bits per heavy atom. The van der Waals surface area contributed by atoms with E-state index in [1.54, 1.807) is 43.5 Å². The molecule has 4 aromatic rings. The van der Waals surface area contributed by atoms with E-state index in [0.29, 0.717) is 32.5 Å². The summed E-state index contributed by atoms with van der Waals surface area (Å²) >= 11 is 2.69. The van der Waals surface area contributed by atoms with Crippen LogP contribution in [0.3, 0.4) is 0 Å². The van der Waals surface area contributed by atoms with Crippen LogP contribution in [-0.4, -0.2) is 23.9 Å². The number of methoxy groups -OCH3 is 1. The first kappa shape index (κ1) is 18.1. The number of fused-ring (bicyclic) bond motifs is 1. The Balaban J connectivity index is 1.61. The number of aromatic nitrogens is 1. The predicted octanol–water partition coefficient (Wildman–Crippen LogP) is 4.87. The van der Waals surface area contributed by atoms with Crippen molar-refractivity contribution >= 4 is 55.5 Å². The van der Waals surface area contributed by atoms with Gasteiger partial charge in [-0.1, -0.05) is 35.6 Å². The molecule has 0 spiro atoms. The highest BCUT2D eigenvalue weighted by atomic mass is 32.1. The molecule has 8 heteroatoms. The van der Waals surface area contributed by atoms with E-state index in [1.165, 1.54) is 22.7 Å². The number of carbonyl (C=O) groups excluding carboxylic acids is 2. The van der Waals surface area contributed by atoms with Crippen LogP contribution in [0.1, 0.15) is 20.0 Å². The Hall–Kier alpha value is -3.23. The minimum absolute atomic E-state index is 0.182. The molecule has 0 bridgehead atoms. The SMILES string of the molecule is COc1cc(NC(=O)c2cccs2)cc2sc(NC(=O)c3ccccc3)nc12. The topological polar surface area (TPSA) is 80.3 Å². The molecule has 140 valence electrons. The van der Waals surface area contributed by atoms with Crippen LogP contribution in [0, 0.1) is 0 Å². The lowest BCUT2D eigenvalue weighted by Crippen LogP contribution is -2.11. The van der Waals surface area contributed by atoms with E-state index in [9.17, 15) is 9.59 Å². The van der Waals surface area contributed by atoms with Crippen LogP contribution in [0.25, 0.3) is 10.2 Å². The van der Waals surface area contributed by atoms with Gasteiger partial charge in [0.15, 0.2) is 5.13 Å². The number of hydrogen-bond acceptors (Lipinski definition) is 6. The van der Waals surface area contributed by atoms with Crippen molar-refractivity contribution in [3.05, 3.63) is 70.4 Å². The van der Waals surface area contributed by atoms with E-state index in [4.69, 9.17) is 4.74 Å². The minimum Gasteiger partial charge on any atom is -0.494 e. The number of benzene rings is 2. The van der Waals surface area contributed by atoms with Gasteiger partial charge in [-0.15, -0.1) is 11.3 Å². The van der Waals surface area contributed by atoms with Crippen molar-refractivity contribution in [2.45, 2.75) is 0 Å². The van der Waals surface area contributed by atoms with Crippen LogP contribution >= 0.6 is 22.7 Å². The molecule has 0 saturated carbocycles. The second-order valence-corrected chi connectivity index (χ2v) is 7.77. The highest BCUT2D eigenvalue weighted by Crippen LogP contribution is 2.35. The monoisotopic (exact) mass is 409 g/mol. The Labute approximate surface area is 168 Å². The molecule has 6 nitrogen and oxygen atoms in total. The summed E-state index contributed by atoms with van der Waals surface area (Å²) in [5, 5.41) is 7.99. The molecular formula is C20H15N3O3S2. The van der Waals surface area contributed by atoms with Gasteiger partial charge in [0.1, 0.15) is 11.3 Å². The molecule has 0 aliphatic rings. The standard InChI is InChI=1S/C20H15N3O3S2/c1-26-14-10-13(21-19(25)15-8-5-9-27-15)11-16-17(14)22-20(28-16)23-18(24)12-6-3-2-4-7-12/h2-11H,1H3,(H,21,25)(H,22,23,24). The van der Waals surface area contributed by atoms with E-state index in [0.717, 1.165) is 4.70 Å².